The fraction of sp³-hybridized carbons (Fsp3) is 0.600. The van der Waals surface area contributed by atoms with Gasteiger partial charge in [0.15, 0.2) is 11.5 Å². The van der Waals surface area contributed by atoms with Crippen molar-refractivity contribution in [3.63, 3.8) is 0 Å². The van der Waals surface area contributed by atoms with Gasteiger partial charge in [-0.2, -0.15) is 0 Å². The molecule has 0 saturated heterocycles. The van der Waals surface area contributed by atoms with E-state index in [4.69, 9.17) is 21.1 Å². The zero-order valence-electron chi connectivity index (χ0n) is 10.9. The van der Waals surface area contributed by atoms with Crippen LogP contribution in [0, 0.1) is 5.92 Å². The van der Waals surface area contributed by atoms with Crippen molar-refractivity contribution in [1.82, 2.24) is 0 Å². The van der Waals surface area contributed by atoms with Gasteiger partial charge < -0.3 is 9.47 Å². The van der Waals surface area contributed by atoms with E-state index in [0.29, 0.717) is 17.9 Å². The van der Waals surface area contributed by atoms with Crippen LogP contribution in [0.3, 0.4) is 0 Å². The molecular formula is C15H21ClO2. The van der Waals surface area contributed by atoms with E-state index in [0.717, 1.165) is 24.3 Å². The van der Waals surface area contributed by atoms with Gasteiger partial charge in [0.25, 0.3) is 0 Å². The molecule has 1 aromatic rings. The van der Waals surface area contributed by atoms with Crippen LogP contribution in [-0.4, -0.2) is 19.1 Å². The largest absolute Gasteiger partial charge is 0.493 e. The van der Waals surface area contributed by atoms with Gasteiger partial charge in [0.2, 0.25) is 0 Å². The average molecular weight is 269 g/mol. The Labute approximate surface area is 114 Å². The zero-order valence-corrected chi connectivity index (χ0v) is 11.7. The Hall–Kier alpha value is -0.890. The molecule has 3 heteroatoms. The van der Waals surface area contributed by atoms with E-state index in [9.17, 15) is 0 Å². The molecule has 0 spiro atoms. The first-order chi connectivity index (χ1) is 8.81. The number of halogens is 1. The highest BCUT2D eigenvalue weighted by Gasteiger charge is 2.22. The molecule has 0 heterocycles. The van der Waals surface area contributed by atoms with Crippen LogP contribution in [0.4, 0.5) is 0 Å². The van der Waals surface area contributed by atoms with Gasteiger partial charge in [-0.15, -0.1) is 11.6 Å². The SMILES string of the molecule is COc1ccccc1OCCC1CCCCC1Cl. The minimum absolute atomic E-state index is 0.333. The summed E-state index contributed by atoms with van der Waals surface area (Å²) < 4.78 is 11.1. The van der Waals surface area contributed by atoms with Crippen molar-refractivity contribution in [2.24, 2.45) is 5.92 Å². The molecule has 2 rings (SSSR count). The van der Waals surface area contributed by atoms with E-state index in [1.165, 1.54) is 19.3 Å². The Morgan fingerprint density at radius 1 is 1.17 bits per heavy atom. The Morgan fingerprint density at radius 3 is 2.61 bits per heavy atom. The first kappa shape index (κ1) is 13.5. The summed E-state index contributed by atoms with van der Waals surface area (Å²) in [5, 5.41) is 0.333. The molecule has 100 valence electrons. The Morgan fingerprint density at radius 2 is 1.89 bits per heavy atom. The molecule has 2 unspecified atom stereocenters. The van der Waals surface area contributed by atoms with Gasteiger partial charge in [-0.25, -0.2) is 0 Å². The van der Waals surface area contributed by atoms with Crippen LogP contribution in [0.5, 0.6) is 11.5 Å². The smallest absolute Gasteiger partial charge is 0.161 e. The van der Waals surface area contributed by atoms with Gasteiger partial charge in [0.05, 0.1) is 13.7 Å². The highest BCUT2D eigenvalue weighted by atomic mass is 35.5. The number of rotatable bonds is 5. The quantitative estimate of drug-likeness (QED) is 0.743. The van der Waals surface area contributed by atoms with Crippen molar-refractivity contribution in [3.8, 4) is 11.5 Å². The molecule has 0 amide bonds. The average Bonchev–Trinajstić information content (AvgIpc) is 2.41. The van der Waals surface area contributed by atoms with Crippen LogP contribution in [0.2, 0.25) is 0 Å². The van der Waals surface area contributed by atoms with Crippen molar-refractivity contribution in [2.75, 3.05) is 13.7 Å². The third kappa shape index (κ3) is 3.55. The standard InChI is InChI=1S/C15H21ClO2/c1-17-14-8-4-5-9-15(14)18-11-10-12-6-2-3-7-13(12)16/h4-5,8-9,12-13H,2-3,6-7,10-11H2,1H3. The molecule has 1 aliphatic rings. The van der Waals surface area contributed by atoms with Gasteiger partial charge in [-0.05, 0) is 37.3 Å². The molecule has 2 nitrogen and oxygen atoms in total. The molecule has 0 N–H and O–H groups in total. The zero-order chi connectivity index (χ0) is 12.8. The van der Waals surface area contributed by atoms with E-state index in [2.05, 4.69) is 0 Å². The van der Waals surface area contributed by atoms with Crippen LogP contribution >= 0.6 is 11.6 Å². The molecule has 1 aromatic carbocycles. The summed E-state index contributed by atoms with van der Waals surface area (Å²) in [5.74, 6) is 2.22. The summed E-state index contributed by atoms with van der Waals surface area (Å²) in [6.07, 6.45) is 6.01. The lowest BCUT2D eigenvalue weighted by Gasteiger charge is -2.26. The molecule has 0 bridgehead atoms. The fourth-order valence-electron chi connectivity index (χ4n) is 2.55. The van der Waals surface area contributed by atoms with Crippen molar-refractivity contribution in [3.05, 3.63) is 24.3 Å². The first-order valence-corrected chi connectivity index (χ1v) is 7.15. The predicted molar refractivity (Wildman–Crippen MR) is 74.7 cm³/mol. The Kier molecular flexibility index (Phi) is 5.18. The lowest BCUT2D eigenvalue weighted by atomic mass is 9.87. The minimum atomic E-state index is 0.333. The third-order valence-corrected chi connectivity index (χ3v) is 4.21. The summed E-state index contributed by atoms with van der Waals surface area (Å²) in [5.41, 5.74) is 0. The summed E-state index contributed by atoms with van der Waals surface area (Å²) >= 11 is 6.34. The predicted octanol–water partition coefficient (Wildman–Crippen LogP) is 4.26. The summed E-state index contributed by atoms with van der Waals surface area (Å²) in [6, 6.07) is 7.77. The van der Waals surface area contributed by atoms with Crippen LogP contribution in [0.15, 0.2) is 24.3 Å². The molecule has 1 saturated carbocycles. The first-order valence-electron chi connectivity index (χ1n) is 6.71. The highest BCUT2D eigenvalue weighted by Crippen LogP contribution is 2.32. The number of alkyl halides is 1. The van der Waals surface area contributed by atoms with Crippen molar-refractivity contribution in [2.45, 2.75) is 37.5 Å². The number of methoxy groups -OCH3 is 1. The molecule has 0 aliphatic heterocycles. The second-order valence-electron chi connectivity index (χ2n) is 4.85. The maximum atomic E-state index is 6.34. The molecule has 2 atom stereocenters. The summed E-state index contributed by atoms with van der Waals surface area (Å²) in [4.78, 5) is 0. The summed E-state index contributed by atoms with van der Waals surface area (Å²) in [7, 11) is 1.66. The Bertz CT molecular complexity index is 367. The van der Waals surface area contributed by atoms with Crippen LogP contribution in [0.25, 0.3) is 0 Å². The van der Waals surface area contributed by atoms with Crippen molar-refractivity contribution >= 4 is 11.6 Å². The maximum Gasteiger partial charge on any atom is 0.161 e. The lowest BCUT2D eigenvalue weighted by Crippen LogP contribution is -2.21. The topological polar surface area (TPSA) is 18.5 Å². The normalized spacial score (nSPS) is 23.7. The van der Waals surface area contributed by atoms with E-state index >= 15 is 0 Å². The molecule has 0 radical (unpaired) electrons. The van der Waals surface area contributed by atoms with Gasteiger partial charge in [-0.3, -0.25) is 0 Å². The van der Waals surface area contributed by atoms with Gasteiger partial charge in [-0.1, -0.05) is 25.0 Å². The van der Waals surface area contributed by atoms with E-state index < -0.39 is 0 Å². The molecule has 1 aliphatic carbocycles. The van der Waals surface area contributed by atoms with Crippen LogP contribution in [-0.2, 0) is 0 Å². The van der Waals surface area contributed by atoms with Gasteiger partial charge in [0, 0.05) is 5.38 Å². The minimum Gasteiger partial charge on any atom is -0.493 e. The Balaban J connectivity index is 1.80. The number of para-hydroxylation sites is 2. The van der Waals surface area contributed by atoms with E-state index in [1.807, 2.05) is 24.3 Å². The monoisotopic (exact) mass is 268 g/mol. The second-order valence-corrected chi connectivity index (χ2v) is 5.41. The van der Waals surface area contributed by atoms with Crippen molar-refractivity contribution < 1.29 is 9.47 Å². The molecular weight excluding hydrogens is 248 g/mol. The van der Waals surface area contributed by atoms with E-state index in [1.54, 1.807) is 7.11 Å². The molecule has 1 fully saturated rings. The van der Waals surface area contributed by atoms with Crippen LogP contribution in [0.1, 0.15) is 32.1 Å². The maximum absolute atomic E-state index is 6.34. The number of ether oxygens (including phenoxy) is 2. The van der Waals surface area contributed by atoms with Gasteiger partial charge >= 0.3 is 0 Å². The second kappa shape index (κ2) is 6.89. The summed E-state index contributed by atoms with van der Waals surface area (Å²) in [6.45, 7) is 0.717. The van der Waals surface area contributed by atoms with Crippen molar-refractivity contribution in [1.29, 1.82) is 0 Å². The van der Waals surface area contributed by atoms with Gasteiger partial charge in [0.1, 0.15) is 0 Å². The van der Waals surface area contributed by atoms with Crippen LogP contribution < -0.4 is 9.47 Å². The number of benzene rings is 1. The number of hydrogen-bond donors (Lipinski definition) is 0. The fourth-order valence-corrected chi connectivity index (χ4v) is 2.95. The number of hydrogen-bond acceptors (Lipinski definition) is 2. The molecule has 18 heavy (non-hydrogen) atoms. The van der Waals surface area contributed by atoms with E-state index in [-0.39, 0.29) is 0 Å². The highest BCUT2D eigenvalue weighted by molar-refractivity contribution is 6.20. The molecule has 0 aromatic heterocycles. The third-order valence-electron chi connectivity index (χ3n) is 3.63. The lowest BCUT2D eigenvalue weighted by molar-refractivity contribution is 0.240.